The highest BCUT2D eigenvalue weighted by molar-refractivity contribution is 5.43. The number of allylic oxidation sites excluding steroid dienone is 1. The zero-order valence-corrected chi connectivity index (χ0v) is 7.59. The summed E-state index contributed by atoms with van der Waals surface area (Å²) in [5.41, 5.74) is 1.04. The maximum Gasteiger partial charge on any atom is 0.0610 e. The highest BCUT2D eigenvalue weighted by Gasteiger charge is 1.85. The molecule has 64 valence electrons. The van der Waals surface area contributed by atoms with E-state index >= 15 is 0 Å². The first-order valence-electron chi connectivity index (χ1n) is 4.11. The van der Waals surface area contributed by atoms with E-state index in [1.54, 1.807) is 0 Å². The molecule has 0 aliphatic rings. The normalized spacial score (nSPS) is 13.8. The van der Waals surface area contributed by atoms with Crippen LogP contribution >= 0.6 is 0 Å². The van der Waals surface area contributed by atoms with Crippen LogP contribution in [-0.4, -0.2) is 10.2 Å². The minimum absolute atomic E-state index is 1.01. The lowest BCUT2D eigenvalue weighted by molar-refractivity contribution is 1.05. The number of hydrogen-bond acceptors (Lipinski definition) is 1. The molecule has 2 heteroatoms. The van der Waals surface area contributed by atoms with Crippen molar-refractivity contribution in [1.82, 2.24) is 10.2 Å². The molecule has 0 saturated carbocycles. The summed E-state index contributed by atoms with van der Waals surface area (Å²) in [6, 6.07) is 0. The fraction of sp³-hybridized carbons (Fsp3) is 0.300. The van der Waals surface area contributed by atoms with E-state index in [4.69, 9.17) is 0 Å². The summed E-state index contributed by atoms with van der Waals surface area (Å²) in [5, 5.41) is 9.10. The summed E-state index contributed by atoms with van der Waals surface area (Å²) in [5.74, 6) is 0. The van der Waals surface area contributed by atoms with Crippen molar-refractivity contribution in [3.8, 4) is 0 Å². The van der Waals surface area contributed by atoms with E-state index in [9.17, 15) is 0 Å². The van der Waals surface area contributed by atoms with Gasteiger partial charge in [-0.3, -0.25) is 5.10 Å². The molecule has 0 fully saturated rings. The number of nitrogens with zero attached hydrogens (tertiary/aromatic N) is 1. The fourth-order valence-corrected chi connectivity index (χ4v) is 1.05. The third-order valence-corrected chi connectivity index (χ3v) is 1.51. The van der Waals surface area contributed by atoms with Crippen molar-refractivity contribution in [2.45, 2.75) is 20.3 Å². The molecule has 0 radical (unpaired) electrons. The Morgan fingerprint density at radius 1 is 1.75 bits per heavy atom. The number of nitrogens with one attached hydrogen (secondary N) is 1. The summed E-state index contributed by atoms with van der Waals surface area (Å²) < 4.78 is 0. The van der Waals surface area contributed by atoms with Gasteiger partial charge in [0.05, 0.1) is 11.5 Å². The van der Waals surface area contributed by atoms with E-state index in [1.165, 1.54) is 0 Å². The number of hydrogen-bond donors (Lipinski definition) is 1. The standard InChI is InChI=1S/C10H14N2/c1-4-5-10-9(6-8(2)3)7-11-12-10/h5-7,12H,2,4H2,1,3H3/b9-6-,10-5+. The van der Waals surface area contributed by atoms with E-state index in [1.807, 2.05) is 19.2 Å². The van der Waals surface area contributed by atoms with E-state index in [-0.39, 0.29) is 0 Å². The topological polar surface area (TPSA) is 28.7 Å². The Balaban J connectivity index is 3.25. The second-order valence-corrected chi connectivity index (χ2v) is 2.84. The van der Waals surface area contributed by atoms with Gasteiger partial charge < -0.3 is 0 Å². The van der Waals surface area contributed by atoms with Gasteiger partial charge in [0.15, 0.2) is 0 Å². The van der Waals surface area contributed by atoms with Crippen molar-refractivity contribution < 1.29 is 0 Å². The first-order valence-corrected chi connectivity index (χ1v) is 4.11. The average molecular weight is 162 g/mol. The summed E-state index contributed by atoms with van der Waals surface area (Å²) in [6.07, 6.45) is 6.96. The summed E-state index contributed by atoms with van der Waals surface area (Å²) in [7, 11) is 0. The predicted octanol–water partition coefficient (Wildman–Crippen LogP) is 0.957. The molecule has 1 N–H and O–H groups in total. The third kappa shape index (κ3) is 2.09. The van der Waals surface area contributed by atoms with Crippen LogP contribution in [0.2, 0.25) is 0 Å². The van der Waals surface area contributed by atoms with Crippen molar-refractivity contribution in [2.24, 2.45) is 0 Å². The van der Waals surface area contributed by atoms with E-state index < -0.39 is 0 Å². The smallest absolute Gasteiger partial charge is 0.0610 e. The van der Waals surface area contributed by atoms with Crippen molar-refractivity contribution in [2.75, 3.05) is 0 Å². The van der Waals surface area contributed by atoms with Crippen LogP contribution in [-0.2, 0) is 0 Å². The molecule has 1 rings (SSSR count). The Morgan fingerprint density at radius 3 is 3.08 bits per heavy atom. The molecule has 0 unspecified atom stereocenters. The van der Waals surface area contributed by atoms with Gasteiger partial charge in [-0.1, -0.05) is 25.2 Å². The molecule has 12 heavy (non-hydrogen) atoms. The van der Waals surface area contributed by atoms with Gasteiger partial charge in [-0.2, -0.15) is 5.10 Å². The number of aromatic nitrogens is 2. The van der Waals surface area contributed by atoms with Crippen LogP contribution in [0.5, 0.6) is 0 Å². The number of rotatable bonds is 2. The van der Waals surface area contributed by atoms with Gasteiger partial charge in [0, 0.05) is 5.22 Å². The first-order chi connectivity index (χ1) is 5.74. The van der Waals surface area contributed by atoms with Gasteiger partial charge in [-0.25, -0.2) is 0 Å². The Morgan fingerprint density at radius 2 is 2.50 bits per heavy atom. The van der Waals surface area contributed by atoms with Crippen molar-refractivity contribution >= 4 is 12.2 Å². The molecular weight excluding hydrogens is 148 g/mol. The van der Waals surface area contributed by atoms with Gasteiger partial charge in [-0.05, 0) is 19.4 Å². The molecule has 0 aliphatic carbocycles. The zero-order chi connectivity index (χ0) is 8.97. The lowest BCUT2D eigenvalue weighted by Crippen LogP contribution is -2.21. The number of H-pyrrole nitrogens is 1. The molecule has 0 spiro atoms. The van der Waals surface area contributed by atoms with Crippen molar-refractivity contribution in [3.05, 3.63) is 28.9 Å². The van der Waals surface area contributed by atoms with E-state index in [0.29, 0.717) is 0 Å². The van der Waals surface area contributed by atoms with Crippen LogP contribution in [0.25, 0.3) is 12.2 Å². The molecule has 1 aromatic rings. The summed E-state index contributed by atoms with van der Waals surface area (Å²) in [6.45, 7) is 7.90. The van der Waals surface area contributed by atoms with Crippen LogP contribution in [0.4, 0.5) is 0 Å². The van der Waals surface area contributed by atoms with Crippen LogP contribution < -0.4 is 10.6 Å². The lowest BCUT2D eigenvalue weighted by atomic mass is 10.2. The van der Waals surface area contributed by atoms with Gasteiger partial charge in [0.2, 0.25) is 0 Å². The highest BCUT2D eigenvalue weighted by atomic mass is 15.1. The van der Waals surface area contributed by atoms with E-state index in [0.717, 1.165) is 22.6 Å². The third-order valence-electron chi connectivity index (χ3n) is 1.51. The molecule has 0 atom stereocenters. The molecule has 1 heterocycles. The maximum absolute atomic E-state index is 3.97. The minimum Gasteiger partial charge on any atom is -0.278 e. The lowest BCUT2D eigenvalue weighted by Gasteiger charge is -1.82. The molecule has 0 aromatic carbocycles. The van der Waals surface area contributed by atoms with E-state index in [2.05, 4.69) is 29.8 Å². The minimum atomic E-state index is 1.01. The zero-order valence-electron chi connectivity index (χ0n) is 7.59. The highest BCUT2D eigenvalue weighted by Crippen LogP contribution is 1.84. The van der Waals surface area contributed by atoms with Crippen molar-refractivity contribution in [3.63, 3.8) is 0 Å². The van der Waals surface area contributed by atoms with Crippen LogP contribution in [0.1, 0.15) is 20.3 Å². The first kappa shape index (κ1) is 8.78. The number of aromatic amines is 1. The second kappa shape index (κ2) is 3.90. The molecule has 1 aromatic heterocycles. The van der Waals surface area contributed by atoms with Crippen LogP contribution in [0, 0.1) is 0 Å². The predicted molar refractivity (Wildman–Crippen MR) is 51.9 cm³/mol. The van der Waals surface area contributed by atoms with Gasteiger partial charge in [0.25, 0.3) is 0 Å². The molecule has 0 aliphatic heterocycles. The molecule has 0 amide bonds. The quantitative estimate of drug-likeness (QED) is 0.689. The largest absolute Gasteiger partial charge is 0.278 e. The monoisotopic (exact) mass is 162 g/mol. The Hall–Kier alpha value is -1.31. The fourth-order valence-electron chi connectivity index (χ4n) is 1.05. The molecule has 0 saturated heterocycles. The second-order valence-electron chi connectivity index (χ2n) is 2.84. The molecule has 2 nitrogen and oxygen atoms in total. The Labute approximate surface area is 72.3 Å². The van der Waals surface area contributed by atoms with Crippen LogP contribution in [0.15, 0.2) is 18.3 Å². The van der Waals surface area contributed by atoms with Gasteiger partial charge >= 0.3 is 0 Å². The average Bonchev–Trinajstić information content (AvgIpc) is 2.37. The van der Waals surface area contributed by atoms with Crippen LogP contribution in [0.3, 0.4) is 0 Å². The Kier molecular flexibility index (Phi) is 2.86. The SMILES string of the molecule is C=C(C)/C=c1/cn[nH]/c1=C/CC. The van der Waals surface area contributed by atoms with Gasteiger partial charge in [-0.15, -0.1) is 0 Å². The summed E-state index contributed by atoms with van der Waals surface area (Å²) >= 11 is 0. The molecule has 0 bridgehead atoms. The van der Waals surface area contributed by atoms with Gasteiger partial charge in [0.1, 0.15) is 0 Å². The molecular formula is C10H14N2. The maximum atomic E-state index is 3.97. The summed E-state index contributed by atoms with van der Waals surface area (Å²) in [4.78, 5) is 0. The Bertz CT molecular complexity index is 371. The van der Waals surface area contributed by atoms with Crippen molar-refractivity contribution in [1.29, 1.82) is 0 Å².